The van der Waals surface area contributed by atoms with Crippen molar-refractivity contribution in [3.63, 3.8) is 0 Å². The van der Waals surface area contributed by atoms with Crippen LogP contribution in [0.5, 0.6) is 11.5 Å². The van der Waals surface area contributed by atoms with Crippen molar-refractivity contribution in [1.29, 1.82) is 0 Å². The summed E-state index contributed by atoms with van der Waals surface area (Å²) in [5.74, 6) is -0.0338. The number of methoxy groups -OCH3 is 1. The average Bonchev–Trinajstić information content (AvgIpc) is 2.86. The highest BCUT2D eigenvalue weighted by Crippen LogP contribution is 2.32. The zero-order chi connectivity index (χ0) is 26.0. The van der Waals surface area contributed by atoms with Gasteiger partial charge in [-0.2, -0.15) is 4.72 Å². The first-order valence-electron chi connectivity index (χ1n) is 11.5. The molecule has 0 amide bonds. The predicted octanol–water partition coefficient (Wildman–Crippen LogP) is 4.62. The predicted molar refractivity (Wildman–Crippen MR) is 137 cm³/mol. The van der Waals surface area contributed by atoms with E-state index in [-0.39, 0.29) is 22.6 Å². The monoisotopic (exact) mass is 509 g/mol. The first-order chi connectivity index (χ1) is 17.1. The van der Waals surface area contributed by atoms with E-state index in [1.807, 2.05) is 13.8 Å². The smallest absolute Gasteiger partial charge is 0.344 e. The average molecular weight is 510 g/mol. The van der Waals surface area contributed by atoms with Gasteiger partial charge in [0.05, 0.1) is 17.4 Å². The van der Waals surface area contributed by atoms with Crippen molar-refractivity contribution in [2.75, 3.05) is 7.11 Å². The van der Waals surface area contributed by atoms with Crippen molar-refractivity contribution in [1.82, 2.24) is 4.72 Å². The molecule has 36 heavy (non-hydrogen) atoms. The standard InChI is InChI=1S/C27H27NO7S/c1-5-6-23(28-36(31,32)19-10-7-16(2)8-11-19)27(30)34-24-14-13-21-20-12-9-18(33-4)15-22(20)26(29)35-25(21)17(24)3/h7-15,23,28H,5-6H2,1-4H3. The summed E-state index contributed by atoms with van der Waals surface area (Å²) in [4.78, 5) is 25.8. The van der Waals surface area contributed by atoms with Crippen LogP contribution >= 0.6 is 0 Å². The fraction of sp³-hybridized carbons (Fsp3) is 0.259. The van der Waals surface area contributed by atoms with E-state index in [4.69, 9.17) is 13.9 Å². The number of carbonyl (C=O) groups excluding carboxylic acids is 1. The number of hydrogen-bond acceptors (Lipinski definition) is 7. The largest absolute Gasteiger partial charge is 0.497 e. The van der Waals surface area contributed by atoms with E-state index < -0.39 is 27.7 Å². The summed E-state index contributed by atoms with van der Waals surface area (Å²) in [5, 5.41) is 1.73. The van der Waals surface area contributed by atoms with Crippen LogP contribution in [0.2, 0.25) is 0 Å². The number of aryl methyl sites for hydroxylation is 2. The van der Waals surface area contributed by atoms with Gasteiger partial charge in [-0.1, -0.05) is 31.0 Å². The van der Waals surface area contributed by atoms with Gasteiger partial charge in [-0.05, 0) is 62.7 Å². The molecule has 8 nitrogen and oxygen atoms in total. The van der Waals surface area contributed by atoms with E-state index >= 15 is 0 Å². The fourth-order valence-electron chi connectivity index (χ4n) is 4.00. The number of sulfonamides is 1. The first-order valence-corrected chi connectivity index (χ1v) is 13.0. The van der Waals surface area contributed by atoms with Crippen LogP contribution in [0.15, 0.2) is 68.7 Å². The van der Waals surface area contributed by atoms with Gasteiger partial charge in [0.2, 0.25) is 10.0 Å². The summed E-state index contributed by atoms with van der Waals surface area (Å²) in [7, 11) is -2.42. The molecule has 0 aliphatic rings. The van der Waals surface area contributed by atoms with Gasteiger partial charge >= 0.3 is 11.6 Å². The van der Waals surface area contributed by atoms with E-state index in [0.717, 1.165) is 5.56 Å². The SMILES string of the molecule is CCCC(NS(=O)(=O)c1ccc(C)cc1)C(=O)Oc1ccc2c(oc(=O)c3cc(OC)ccc32)c1C. The molecular formula is C27H27NO7S. The molecule has 4 aromatic rings. The molecule has 0 saturated carbocycles. The highest BCUT2D eigenvalue weighted by atomic mass is 32.2. The van der Waals surface area contributed by atoms with Gasteiger partial charge in [0.1, 0.15) is 23.1 Å². The minimum Gasteiger partial charge on any atom is -0.497 e. The van der Waals surface area contributed by atoms with Crippen LogP contribution in [0.3, 0.4) is 0 Å². The van der Waals surface area contributed by atoms with Crippen molar-refractivity contribution >= 4 is 37.7 Å². The Kier molecular flexibility index (Phi) is 7.14. The topological polar surface area (TPSA) is 112 Å². The molecule has 0 saturated heterocycles. The second-order valence-corrected chi connectivity index (χ2v) is 10.3. The summed E-state index contributed by atoms with van der Waals surface area (Å²) in [6.45, 7) is 5.37. The van der Waals surface area contributed by atoms with Crippen molar-refractivity contribution in [3.05, 3.63) is 76.1 Å². The third-order valence-corrected chi connectivity index (χ3v) is 7.48. The Balaban J connectivity index is 1.65. The quantitative estimate of drug-likeness (QED) is 0.160. The second kappa shape index (κ2) is 10.1. The highest BCUT2D eigenvalue weighted by Gasteiger charge is 2.27. The maximum Gasteiger partial charge on any atom is 0.344 e. The number of ether oxygens (including phenoxy) is 2. The molecule has 0 radical (unpaired) electrons. The van der Waals surface area contributed by atoms with Crippen LogP contribution < -0.4 is 19.8 Å². The number of rotatable bonds is 8. The summed E-state index contributed by atoms with van der Waals surface area (Å²) in [5.41, 5.74) is 1.11. The number of fused-ring (bicyclic) bond motifs is 3. The lowest BCUT2D eigenvalue weighted by atomic mass is 10.0. The highest BCUT2D eigenvalue weighted by molar-refractivity contribution is 7.89. The lowest BCUT2D eigenvalue weighted by Crippen LogP contribution is -2.42. The molecule has 1 heterocycles. The van der Waals surface area contributed by atoms with Crippen LogP contribution in [-0.4, -0.2) is 27.5 Å². The minimum atomic E-state index is -3.94. The van der Waals surface area contributed by atoms with Gasteiger partial charge in [-0.15, -0.1) is 0 Å². The lowest BCUT2D eigenvalue weighted by molar-refractivity contribution is -0.136. The normalized spacial score (nSPS) is 12.6. The molecule has 1 N–H and O–H groups in total. The number of esters is 1. The van der Waals surface area contributed by atoms with Gasteiger partial charge < -0.3 is 13.9 Å². The second-order valence-electron chi connectivity index (χ2n) is 8.56. The Morgan fingerprint density at radius 2 is 1.69 bits per heavy atom. The van der Waals surface area contributed by atoms with Crippen LogP contribution in [0.4, 0.5) is 0 Å². The van der Waals surface area contributed by atoms with Crippen molar-refractivity contribution in [2.24, 2.45) is 0 Å². The lowest BCUT2D eigenvalue weighted by Gasteiger charge is -2.18. The summed E-state index contributed by atoms with van der Waals surface area (Å²) in [6, 6.07) is 13.7. The maximum absolute atomic E-state index is 13.0. The zero-order valence-electron chi connectivity index (χ0n) is 20.5. The van der Waals surface area contributed by atoms with Crippen molar-refractivity contribution in [2.45, 2.75) is 44.6 Å². The Hall–Kier alpha value is -3.69. The van der Waals surface area contributed by atoms with Gasteiger partial charge in [0, 0.05) is 16.3 Å². The summed E-state index contributed by atoms with van der Waals surface area (Å²) in [6.07, 6.45) is 0.801. The molecule has 0 bridgehead atoms. The van der Waals surface area contributed by atoms with E-state index in [1.165, 1.54) is 19.2 Å². The Morgan fingerprint density at radius 1 is 1.00 bits per heavy atom. The zero-order valence-corrected chi connectivity index (χ0v) is 21.3. The van der Waals surface area contributed by atoms with Crippen molar-refractivity contribution in [3.8, 4) is 11.5 Å². The molecular weight excluding hydrogens is 482 g/mol. The van der Waals surface area contributed by atoms with Crippen LogP contribution in [0, 0.1) is 13.8 Å². The summed E-state index contributed by atoms with van der Waals surface area (Å²) < 4.78 is 44.6. The summed E-state index contributed by atoms with van der Waals surface area (Å²) >= 11 is 0. The number of hydrogen-bond donors (Lipinski definition) is 1. The van der Waals surface area contributed by atoms with Gasteiger partial charge in [-0.25, -0.2) is 18.0 Å². The van der Waals surface area contributed by atoms with Crippen LogP contribution in [-0.2, 0) is 14.8 Å². The van der Waals surface area contributed by atoms with Gasteiger partial charge in [0.15, 0.2) is 0 Å². The molecule has 3 aromatic carbocycles. The van der Waals surface area contributed by atoms with Crippen LogP contribution in [0.1, 0.15) is 30.9 Å². The Bertz CT molecular complexity index is 1610. The molecule has 188 valence electrons. The molecule has 0 aliphatic carbocycles. The number of benzene rings is 3. The number of carbonyl (C=O) groups is 1. The molecule has 0 aliphatic heterocycles. The maximum atomic E-state index is 13.0. The van der Waals surface area contributed by atoms with E-state index in [2.05, 4.69) is 4.72 Å². The Morgan fingerprint density at radius 3 is 2.36 bits per heavy atom. The molecule has 0 spiro atoms. The fourth-order valence-corrected chi connectivity index (χ4v) is 5.21. The van der Waals surface area contributed by atoms with Gasteiger partial charge in [-0.3, -0.25) is 0 Å². The first kappa shape index (κ1) is 25.4. The molecule has 1 aromatic heterocycles. The van der Waals surface area contributed by atoms with Crippen LogP contribution in [0.25, 0.3) is 21.7 Å². The minimum absolute atomic E-state index is 0.0640. The van der Waals surface area contributed by atoms with E-state index in [1.54, 1.807) is 49.4 Å². The molecule has 0 fully saturated rings. The molecule has 4 rings (SSSR count). The Labute approximate surface area is 208 Å². The van der Waals surface area contributed by atoms with Crippen molar-refractivity contribution < 1.29 is 27.1 Å². The van der Waals surface area contributed by atoms with E-state index in [9.17, 15) is 18.0 Å². The van der Waals surface area contributed by atoms with E-state index in [0.29, 0.717) is 33.9 Å². The third kappa shape index (κ3) is 4.98. The third-order valence-electron chi connectivity index (χ3n) is 5.99. The molecule has 1 atom stereocenters. The van der Waals surface area contributed by atoms with Gasteiger partial charge in [0.25, 0.3) is 0 Å². The number of nitrogens with one attached hydrogen (secondary N) is 1. The molecule has 9 heteroatoms. The molecule has 1 unspecified atom stereocenters.